The highest BCUT2D eigenvalue weighted by atomic mass is 16.7. The summed E-state index contributed by atoms with van der Waals surface area (Å²) in [5.41, 5.74) is 0.600. The number of carbonyl (C=O) groups excluding carboxylic acids is 2. The van der Waals surface area contributed by atoms with Gasteiger partial charge in [0.2, 0.25) is 0 Å². The Balaban J connectivity index is 2.71. The molecule has 0 aliphatic rings. The summed E-state index contributed by atoms with van der Waals surface area (Å²) in [6, 6.07) is 7.12. The lowest BCUT2D eigenvalue weighted by Gasteiger charge is -2.20. The third-order valence-electron chi connectivity index (χ3n) is 3.71. The minimum atomic E-state index is -0.829. The number of hydrogen-bond acceptors (Lipinski definition) is 7. The van der Waals surface area contributed by atoms with Gasteiger partial charge in [0, 0.05) is 16.3 Å². The summed E-state index contributed by atoms with van der Waals surface area (Å²) in [6.45, 7) is 7.81. The Morgan fingerprint density at radius 1 is 0.741 bits per heavy atom. The topological polar surface area (TPSA) is 80.3 Å². The van der Waals surface area contributed by atoms with E-state index in [1.54, 1.807) is 38.1 Å². The van der Waals surface area contributed by atoms with Gasteiger partial charge in [-0.25, -0.2) is 9.59 Å². The maximum absolute atomic E-state index is 12.0. The van der Waals surface area contributed by atoms with Crippen LogP contribution in [0.5, 0.6) is 17.2 Å². The van der Waals surface area contributed by atoms with Crippen LogP contribution in [0.2, 0.25) is 0 Å². The van der Waals surface area contributed by atoms with Gasteiger partial charge < -0.3 is 23.7 Å². The van der Waals surface area contributed by atoms with Gasteiger partial charge in [0.25, 0.3) is 0 Å². The summed E-state index contributed by atoms with van der Waals surface area (Å²) < 4.78 is 26.5. The molecule has 0 aliphatic carbocycles. The van der Waals surface area contributed by atoms with Crippen LogP contribution in [0.15, 0.2) is 24.3 Å². The van der Waals surface area contributed by atoms with Crippen molar-refractivity contribution < 1.29 is 33.3 Å². The van der Waals surface area contributed by atoms with Crippen LogP contribution >= 0.6 is 0 Å². The number of hydrogen-bond donors (Lipinski definition) is 0. The van der Waals surface area contributed by atoms with Crippen molar-refractivity contribution in [1.82, 2.24) is 0 Å². The molecule has 0 bridgehead atoms. The van der Waals surface area contributed by atoms with Crippen LogP contribution in [-0.4, -0.2) is 32.1 Å². The second kappa shape index (κ2) is 9.66. The molecule has 146 valence electrons. The number of carbonyl (C=O) groups is 2. The molecule has 2 aromatic carbocycles. The summed E-state index contributed by atoms with van der Waals surface area (Å²) in [6.07, 6.45) is -1.16. The molecule has 0 saturated carbocycles. The van der Waals surface area contributed by atoms with Crippen molar-refractivity contribution in [3.8, 4) is 17.2 Å². The highest BCUT2D eigenvalue weighted by Gasteiger charge is 2.25. The molecule has 0 spiro atoms. The standard InChI is InChI=1S/C20H24O7/c1-5-13-16(26-19(21)24-7-3)14-11-9-10-12-15(14)18(17(13)23-6-2)27-20(22)25-8-4/h9-12H,5-8H2,1-4H3. The fourth-order valence-corrected chi connectivity index (χ4v) is 2.70. The second-order valence-electron chi connectivity index (χ2n) is 5.37. The molecule has 2 aromatic rings. The first kappa shape index (κ1) is 20.4. The fraction of sp³-hybridized carbons (Fsp3) is 0.400. The summed E-state index contributed by atoms with van der Waals surface area (Å²) in [4.78, 5) is 23.9. The number of ether oxygens (including phenoxy) is 5. The average Bonchev–Trinajstić information content (AvgIpc) is 2.65. The molecule has 0 heterocycles. The van der Waals surface area contributed by atoms with E-state index >= 15 is 0 Å². The predicted octanol–water partition coefficient (Wildman–Crippen LogP) is 4.87. The third kappa shape index (κ3) is 4.61. The molecule has 7 nitrogen and oxygen atoms in total. The van der Waals surface area contributed by atoms with Gasteiger partial charge in [0.05, 0.1) is 19.8 Å². The molecule has 7 heteroatoms. The summed E-state index contributed by atoms with van der Waals surface area (Å²) >= 11 is 0. The molecule has 0 amide bonds. The van der Waals surface area contributed by atoms with Crippen LogP contribution in [0.1, 0.15) is 33.3 Å². The van der Waals surface area contributed by atoms with E-state index in [0.29, 0.717) is 40.9 Å². The molecule has 0 saturated heterocycles. The van der Waals surface area contributed by atoms with Crippen molar-refractivity contribution in [3.05, 3.63) is 29.8 Å². The van der Waals surface area contributed by atoms with E-state index in [9.17, 15) is 9.59 Å². The van der Waals surface area contributed by atoms with Crippen LogP contribution in [0.3, 0.4) is 0 Å². The number of rotatable bonds is 7. The SMILES string of the molecule is CCOC(=O)Oc1c(CC)c(OCC)c(OC(=O)OCC)c2ccccc12. The molecular weight excluding hydrogens is 352 g/mol. The Kier molecular flexibility index (Phi) is 7.28. The molecule has 0 atom stereocenters. The van der Waals surface area contributed by atoms with Gasteiger partial charge >= 0.3 is 12.3 Å². The minimum Gasteiger partial charge on any atom is -0.489 e. The molecular formula is C20H24O7. The Morgan fingerprint density at radius 2 is 1.26 bits per heavy atom. The van der Waals surface area contributed by atoms with E-state index in [-0.39, 0.29) is 19.0 Å². The zero-order chi connectivity index (χ0) is 19.8. The monoisotopic (exact) mass is 376 g/mol. The van der Waals surface area contributed by atoms with Crippen molar-refractivity contribution >= 4 is 23.1 Å². The number of fused-ring (bicyclic) bond motifs is 1. The van der Waals surface area contributed by atoms with E-state index in [4.69, 9.17) is 23.7 Å². The van der Waals surface area contributed by atoms with Gasteiger partial charge in [-0.15, -0.1) is 0 Å². The fourth-order valence-electron chi connectivity index (χ4n) is 2.70. The lowest BCUT2D eigenvalue weighted by molar-refractivity contribution is 0.101. The Labute approximate surface area is 158 Å². The van der Waals surface area contributed by atoms with E-state index < -0.39 is 12.3 Å². The molecule has 0 aromatic heterocycles. The van der Waals surface area contributed by atoms with Crippen LogP contribution in [0, 0.1) is 0 Å². The third-order valence-corrected chi connectivity index (χ3v) is 3.71. The van der Waals surface area contributed by atoms with Crippen molar-refractivity contribution in [2.75, 3.05) is 19.8 Å². The van der Waals surface area contributed by atoms with E-state index in [0.717, 1.165) is 0 Å². The highest BCUT2D eigenvalue weighted by Crippen LogP contribution is 2.46. The van der Waals surface area contributed by atoms with E-state index in [2.05, 4.69) is 0 Å². The van der Waals surface area contributed by atoms with Gasteiger partial charge in [-0.05, 0) is 27.2 Å². The first-order chi connectivity index (χ1) is 13.1. The molecule has 2 rings (SSSR count). The van der Waals surface area contributed by atoms with Crippen molar-refractivity contribution in [1.29, 1.82) is 0 Å². The lowest BCUT2D eigenvalue weighted by Crippen LogP contribution is -2.15. The summed E-state index contributed by atoms with van der Waals surface area (Å²) in [5, 5.41) is 1.16. The predicted molar refractivity (Wildman–Crippen MR) is 99.8 cm³/mol. The summed E-state index contributed by atoms with van der Waals surface area (Å²) in [5.74, 6) is 0.899. The molecule has 0 fully saturated rings. The average molecular weight is 376 g/mol. The Bertz CT molecular complexity index is 814. The van der Waals surface area contributed by atoms with Gasteiger partial charge in [0.15, 0.2) is 11.5 Å². The van der Waals surface area contributed by atoms with Gasteiger partial charge in [-0.3, -0.25) is 0 Å². The van der Waals surface area contributed by atoms with Crippen LogP contribution in [-0.2, 0) is 15.9 Å². The normalized spacial score (nSPS) is 10.4. The zero-order valence-corrected chi connectivity index (χ0v) is 16.0. The maximum atomic E-state index is 12.0. The minimum absolute atomic E-state index is 0.186. The zero-order valence-electron chi connectivity index (χ0n) is 16.0. The van der Waals surface area contributed by atoms with Crippen molar-refractivity contribution in [2.45, 2.75) is 34.1 Å². The smallest absolute Gasteiger partial charge is 0.489 e. The first-order valence-electron chi connectivity index (χ1n) is 8.96. The Hall–Kier alpha value is -2.96. The molecule has 0 unspecified atom stereocenters. The lowest BCUT2D eigenvalue weighted by atomic mass is 10.0. The van der Waals surface area contributed by atoms with E-state index in [1.165, 1.54) is 0 Å². The maximum Gasteiger partial charge on any atom is 0.513 e. The molecule has 0 N–H and O–H groups in total. The largest absolute Gasteiger partial charge is 0.513 e. The molecule has 0 aliphatic heterocycles. The Morgan fingerprint density at radius 3 is 1.74 bits per heavy atom. The van der Waals surface area contributed by atoms with Crippen LogP contribution < -0.4 is 14.2 Å². The first-order valence-corrected chi connectivity index (χ1v) is 8.96. The van der Waals surface area contributed by atoms with Crippen LogP contribution in [0.4, 0.5) is 9.59 Å². The number of benzene rings is 2. The summed E-state index contributed by atoms with van der Waals surface area (Å²) in [7, 11) is 0. The van der Waals surface area contributed by atoms with Crippen molar-refractivity contribution in [2.24, 2.45) is 0 Å². The van der Waals surface area contributed by atoms with Gasteiger partial charge in [-0.2, -0.15) is 0 Å². The second-order valence-corrected chi connectivity index (χ2v) is 5.37. The quantitative estimate of drug-likeness (QED) is 0.503. The van der Waals surface area contributed by atoms with Gasteiger partial charge in [0.1, 0.15) is 5.75 Å². The van der Waals surface area contributed by atoms with Crippen molar-refractivity contribution in [3.63, 3.8) is 0 Å². The molecule has 27 heavy (non-hydrogen) atoms. The highest BCUT2D eigenvalue weighted by molar-refractivity contribution is 5.99. The van der Waals surface area contributed by atoms with E-state index in [1.807, 2.05) is 13.8 Å². The van der Waals surface area contributed by atoms with Gasteiger partial charge in [-0.1, -0.05) is 31.2 Å². The van der Waals surface area contributed by atoms with Crippen LogP contribution in [0.25, 0.3) is 10.8 Å². The molecule has 0 radical (unpaired) electrons.